The molecule has 0 aliphatic rings. The van der Waals surface area contributed by atoms with E-state index in [0.717, 1.165) is 0 Å². The molecule has 0 aliphatic heterocycles. The summed E-state index contributed by atoms with van der Waals surface area (Å²) in [6, 6.07) is 7.11. The zero-order valence-electron chi connectivity index (χ0n) is 10.3. The molecule has 1 amide bonds. The second kappa shape index (κ2) is 5.84. The predicted molar refractivity (Wildman–Crippen MR) is 72.4 cm³/mol. The Morgan fingerprint density at radius 3 is 2.52 bits per heavy atom. The number of rotatable bonds is 3. The van der Waals surface area contributed by atoms with Crippen molar-refractivity contribution in [1.82, 2.24) is 0 Å². The van der Waals surface area contributed by atoms with Gasteiger partial charge in [0.2, 0.25) is 5.82 Å². The molecule has 0 spiro atoms. The highest BCUT2D eigenvalue weighted by atomic mass is 35.5. The van der Waals surface area contributed by atoms with Gasteiger partial charge in [0.05, 0.1) is 27.3 Å². The molecule has 0 aromatic heterocycles. The van der Waals surface area contributed by atoms with Crippen LogP contribution in [0.25, 0.3) is 0 Å². The fourth-order valence-corrected chi connectivity index (χ4v) is 1.81. The topological polar surface area (TPSA) is 72.2 Å². The maximum absolute atomic E-state index is 13.9. The average Bonchev–Trinajstić information content (AvgIpc) is 2.43. The lowest BCUT2D eigenvalue weighted by atomic mass is 10.1. The van der Waals surface area contributed by atoms with E-state index in [1.54, 1.807) is 12.1 Å². The molecule has 0 saturated heterocycles. The first-order valence-corrected chi connectivity index (χ1v) is 5.97. The van der Waals surface area contributed by atoms with Gasteiger partial charge in [-0.05, 0) is 18.2 Å². The van der Waals surface area contributed by atoms with Crippen molar-refractivity contribution in [2.75, 3.05) is 5.32 Å². The summed E-state index contributed by atoms with van der Waals surface area (Å²) in [7, 11) is 0. The van der Waals surface area contributed by atoms with Gasteiger partial charge in [-0.25, -0.2) is 4.39 Å². The third kappa shape index (κ3) is 3.14. The number of nitro groups is 1. The highest BCUT2D eigenvalue weighted by Crippen LogP contribution is 2.25. The van der Waals surface area contributed by atoms with E-state index in [1.807, 2.05) is 0 Å². The fourth-order valence-electron chi connectivity index (χ4n) is 1.63. The SMILES string of the molecule is O=C(Nc1ccccc1Cl)c1cc(F)cc([N+](=O)[O-])c1F. The van der Waals surface area contributed by atoms with Crippen LogP contribution in [0.5, 0.6) is 0 Å². The van der Waals surface area contributed by atoms with Crippen LogP contribution < -0.4 is 5.32 Å². The number of carbonyl (C=O) groups is 1. The van der Waals surface area contributed by atoms with Gasteiger partial charge < -0.3 is 5.32 Å². The lowest BCUT2D eigenvalue weighted by molar-refractivity contribution is -0.387. The number of nitro benzene ring substituents is 1. The van der Waals surface area contributed by atoms with Crippen molar-refractivity contribution in [2.45, 2.75) is 0 Å². The van der Waals surface area contributed by atoms with E-state index in [4.69, 9.17) is 11.6 Å². The van der Waals surface area contributed by atoms with Crippen LogP contribution in [-0.2, 0) is 0 Å². The van der Waals surface area contributed by atoms with E-state index < -0.39 is 33.7 Å². The lowest BCUT2D eigenvalue weighted by Gasteiger charge is -2.08. The molecule has 1 N–H and O–H groups in total. The molecule has 0 radical (unpaired) electrons. The Labute approximate surface area is 122 Å². The smallest absolute Gasteiger partial charge is 0.308 e. The summed E-state index contributed by atoms with van der Waals surface area (Å²) in [5.74, 6) is -3.54. The van der Waals surface area contributed by atoms with Crippen molar-refractivity contribution in [3.8, 4) is 0 Å². The Morgan fingerprint density at radius 1 is 1.24 bits per heavy atom. The van der Waals surface area contributed by atoms with Gasteiger partial charge in [0.1, 0.15) is 5.82 Å². The van der Waals surface area contributed by atoms with Crippen LogP contribution in [0.4, 0.5) is 20.2 Å². The second-order valence-corrected chi connectivity index (χ2v) is 4.38. The quantitative estimate of drug-likeness (QED) is 0.692. The number of amides is 1. The number of hydrogen-bond donors (Lipinski definition) is 1. The van der Waals surface area contributed by atoms with Crippen molar-refractivity contribution in [2.24, 2.45) is 0 Å². The van der Waals surface area contributed by atoms with Crippen LogP contribution >= 0.6 is 11.6 Å². The Bertz CT molecular complexity index is 737. The monoisotopic (exact) mass is 312 g/mol. The number of hydrogen-bond acceptors (Lipinski definition) is 3. The third-order valence-corrected chi connectivity index (χ3v) is 2.91. The van der Waals surface area contributed by atoms with E-state index in [2.05, 4.69) is 5.32 Å². The number of benzene rings is 2. The molecule has 0 heterocycles. The average molecular weight is 313 g/mol. The van der Waals surface area contributed by atoms with Crippen LogP contribution in [0.15, 0.2) is 36.4 Å². The van der Waals surface area contributed by atoms with Gasteiger partial charge in [-0.2, -0.15) is 4.39 Å². The zero-order chi connectivity index (χ0) is 15.6. The van der Waals surface area contributed by atoms with Gasteiger partial charge in [-0.1, -0.05) is 23.7 Å². The Balaban J connectivity index is 2.40. The Kier molecular flexibility index (Phi) is 4.13. The second-order valence-electron chi connectivity index (χ2n) is 3.98. The van der Waals surface area contributed by atoms with Crippen molar-refractivity contribution < 1.29 is 18.5 Å². The Hall–Kier alpha value is -2.54. The predicted octanol–water partition coefficient (Wildman–Crippen LogP) is 3.78. The first kappa shape index (κ1) is 14.9. The number of anilines is 1. The zero-order valence-corrected chi connectivity index (χ0v) is 11.0. The van der Waals surface area contributed by atoms with Gasteiger partial charge in [0.15, 0.2) is 0 Å². The first-order valence-electron chi connectivity index (χ1n) is 5.59. The standard InChI is InChI=1S/C13H7ClF2N2O3/c14-9-3-1-2-4-10(9)17-13(19)8-5-7(15)6-11(12(8)16)18(20)21/h1-6H,(H,17,19). The van der Waals surface area contributed by atoms with Crippen LogP contribution in [0.2, 0.25) is 5.02 Å². The van der Waals surface area contributed by atoms with Crippen molar-refractivity contribution in [3.05, 3.63) is 68.7 Å². The largest absolute Gasteiger partial charge is 0.321 e. The number of halogens is 3. The van der Waals surface area contributed by atoms with E-state index in [9.17, 15) is 23.7 Å². The van der Waals surface area contributed by atoms with E-state index >= 15 is 0 Å². The minimum atomic E-state index is -1.41. The van der Waals surface area contributed by atoms with Crippen LogP contribution in [0, 0.1) is 21.7 Å². The van der Waals surface area contributed by atoms with E-state index in [-0.39, 0.29) is 10.7 Å². The van der Waals surface area contributed by atoms with Crippen molar-refractivity contribution >= 4 is 28.9 Å². The summed E-state index contributed by atoms with van der Waals surface area (Å²) in [4.78, 5) is 21.4. The maximum atomic E-state index is 13.9. The fraction of sp³-hybridized carbons (Fsp3) is 0. The molecular formula is C13H7ClF2N2O3. The molecular weight excluding hydrogens is 306 g/mol. The third-order valence-electron chi connectivity index (χ3n) is 2.58. The molecule has 0 bridgehead atoms. The molecule has 2 rings (SSSR count). The summed E-state index contributed by atoms with van der Waals surface area (Å²) in [5.41, 5.74) is -1.71. The minimum Gasteiger partial charge on any atom is -0.321 e. The molecule has 0 atom stereocenters. The maximum Gasteiger partial charge on any atom is 0.308 e. The van der Waals surface area contributed by atoms with Gasteiger partial charge in [0.25, 0.3) is 5.91 Å². The summed E-state index contributed by atoms with van der Waals surface area (Å²) in [6.07, 6.45) is 0. The van der Waals surface area contributed by atoms with Gasteiger partial charge in [0, 0.05) is 0 Å². The van der Waals surface area contributed by atoms with Crippen molar-refractivity contribution in [3.63, 3.8) is 0 Å². The number of nitrogens with one attached hydrogen (secondary N) is 1. The van der Waals surface area contributed by atoms with Gasteiger partial charge >= 0.3 is 5.69 Å². The van der Waals surface area contributed by atoms with Gasteiger partial charge in [-0.15, -0.1) is 0 Å². The molecule has 0 saturated carbocycles. The summed E-state index contributed by atoms with van der Waals surface area (Å²) in [6.45, 7) is 0. The molecule has 2 aromatic carbocycles. The number of nitrogens with zero attached hydrogens (tertiary/aromatic N) is 1. The summed E-state index contributed by atoms with van der Waals surface area (Å²) >= 11 is 5.82. The van der Waals surface area contributed by atoms with Crippen molar-refractivity contribution in [1.29, 1.82) is 0 Å². The molecule has 8 heteroatoms. The number of para-hydroxylation sites is 1. The molecule has 108 valence electrons. The van der Waals surface area contributed by atoms with E-state index in [1.165, 1.54) is 12.1 Å². The van der Waals surface area contributed by atoms with Crippen LogP contribution in [0.3, 0.4) is 0 Å². The minimum absolute atomic E-state index is 0.176. The summed E-state index contributed by atoms with van der Waals surface area (Å²) < 4.78 is 27.1. The first-order chi connectivity index (χ1) is 9.90. The number of carbonyl (C=O) groups excluding carboxylic acids is 1. The Morgan fingerprint density at radius 2 is 1.90 bits per heavy atom. The highest BCUT2D eigenvalue weighted by Gasteiger charge is 2.24. The van der Waals surface area contributed by atoms with E-state index in [0.29, 0.717) is 12.1 Å². The molecule has 2 aromatic rings. The molecule has 0 aliphatic carbocycles. The van der Waals surface area contributed by atoms with Crippen LogP contribution in [-0.4, -0.2) is 10.8 Å². The molecule has 5 nitrogen and oxygen atoms in total. The lowest BCUT2D eigenvalue weighted by Crippen LogP contribution is -2.15. The normalized spacial score (nSPS) is 10.2. The summed E-state index contributed by atoms with van der Waals surface area (Å²) in [5, 5.41) is 13.1. The van der Waals surface area contributed by atoms with Crippen LogP contribution in [0.1, 0.15) is 10.4 Å². The highest BCUT2D eigenvalue weighted by molar-refractivity contribution is 6.33. The van der Waals surface area contributed by atoms with Gasteiger partial charge in [-0.3, -0.25) is 14.9 Å². The molecule has 21 heavy (non-hydrogen) atoms. The molecule has 0 fully saturated rings. The molecule has 0 unspecified atom stereocenters.